The molecule has 3 heteroatoms. The molecular weight excluding hydrogens is 240 g/mol. The maximum absolute atomic E-state index is 11.4. The lowest BCUT2D eigenvalue weighted by atomic mass is 10.1. The molecule has 0 aromatic carbocycles. The summed E-state index contributed by atoms with van der Waals surface area (Å²) in [6.45, 7) is 4.52. The summed E-state index contributed by atoms with van der Waals surface area (Å²) >= 11 is 0. The molecule has 0 fully saturated rings. The highest BCUT2D eigenvalue weighted by atomic mass is 16.5. The molecule has 0 saturated carbocycles. The molecular formula is C16H32O3. The Hall–Kier alpha value is -0.570. The van der Waals surface area contributed by atoms with Crippen LogP contribution < -0.4 is 0 Å². The molecule has 1 unspecified atom stereocenters. The summed E-state index contributed by atoms with van der Waals surface area (Å²) in [6.07, 6.45) is 11.8. The molecule has 1 N–H and O–H groups in total. The fourth-order valence-electron chi connectivity index (χ4n) is 1.94. The van der Waals surface area contributed by atoms with Crippen LogP contribution in [-0.2, 0) is 9.53 Å². The Morgan fingerprint density at radius 3 is 2.05 bits per heavy atom. The van der Waals surface area contributed by atoms with E-state index in [2.05, 4.69) is 6.92 Å². The first-order chi connectivity index (χ1) is 9.20. The van der Waals surface area contributed by atoms with E-state index >= 15 is 0 Å². The van der Waals surface area contributed by atoms with E-state index in [0.29, 0.717) is 13.0 Å². The number of hydrogen-bond donors (Lipinski definition) is 1. The molecule has 0 aliphatic rings. The Kier molecular flexibility index (Phi) is 13.4. The molecule has 0 saturated heterocycles. The van der Waals surface area contributed by atoms with Crippen molar-refractivity contribution in [3.05, 3.63) is 0 Å². The van der Waals surface area contributed by atoms with Crippen molar-refractivity contribution in [3.8, 4) is 0 Å². The minimum Gasteiger partial charge on any atom is -0.465 e. The number of hydrogen-bond acceptors (Lipinski definition) is 3. The van der Waals surface area contributed by atoms with E-state index in [4.69, 9.17) is 9.84 Å². The first kappa shape index (κ1) is 18.4. The normalized spacial score (nSPS) is 12.4. The van der Waals surface area contributed by atoms with E-state index in [-0.39, 0.29) is 18.5 Å². The molecule has 0 heterocycles. The van der Waals surface area contributed by atoms with Gasteiger partial charge in [-0.15, -0.1) is 0 Å². The van der Waals surface area contributed by atoms with Gasteiger partial charge in [0.15, 0.2) is 0 Å². The number of rotatable bonds is 13. The molecule has 114 valence electrons. The lowest BCUT2D eigenvalue weighted by Gasteiger charge is -2.08. The third kappa shape index (κ3) is 13.7. The monoisotopic (exact) mass is 272 g/mol. The lowest BCUT2D eigenvalue weighted by Crippen LogP contribution is -2.14. The summed E-state index contributed by atoms with van der Waals surface area (Å²) in [5, 5.41) is 8.81. The second kappa shape index (κ2) is 13.9. The fourth-order valence-corrected chi connectivity index (χ4v) is 1.94. The van der Waals surface area contributed by atoms with Gasteiger partial charge in [-0.05, 0) is 6.42 Å². The Bertz CT molecular complexity index is 204. The first-order valence-corrected chi connectivity index (χ1v) is 7.97. The predicted molar refractivity (Wildman–Crippen MR) is 79.1 cm³/mol. The zero-order chi connectivity index (χ0) is 14.3. The van der Waals surface area contributed by atoms with Crippen LogP contribution in [0.4, 0.5) is 0 Å². The molecule has 3 nitrogen and oxygen atoms in total. The van der Waals surface area contributed by atoms with Gasteiger partial charge >= 0.3 is 5.97 Å². The Balaban J connectivity index is 3.18. The zero-order valence-electron chi connectivity index (χ0n) is 12.8. The highest BCUT2D eigenvalue weighted by molar-refractivity contribution is 5.69. The van der Waals surface area contributed by atoms with Gasteiger partial charge in [-0.1, -0.05) is 65.2 Å². The number of unbranched alkanes of at least 4 members (excludes halogenated alkanes) is 8. The van der Waals surface area contributed by atoms with Gasteiger partial charge in [0.25, 0.3) is 0 Å². The molecule has 0 rings (SSSR count). The van der Waals surface area contributed by atoms with Crippen LogP contribution in [0.15, 0.2) is 0 Å². The van der Waals surface area contributed by atoms with E-state index in [9.17, 15) is 4.79 Å². The number of aliphatic hydroxyl groups is 1. The lowest BCUT2D eigenvalue weighted by molar-refractivity contribution is -0.145. The van der Waals surface area contributed by atoms with Crippen LogP contribution >= 0.6 is 0 Å². The van der Waals surface area contributed by atoms with Gasteiger partial charge in [0.2, 0.25) is 0 Å². The molecule has 19 heavy (non-hydrogen) atoms. The van der Waals surface area contributed by atoms with Crippen molar-refractivity contribution in [2.24, 2.45) is 5.92 Å². The van der Waals surface area contributed by atoms with Crippen molar-refractivity contribution < 1.29 is 14.6 Å². The van der Waals surface area contributed by atoms with Crippen LogP contribution in [0.3, 0.4) is 0 Å². The maximum atomic E-state index is 11.4. The molecule has 0 bridgehead atoms. The van der Waals surface area contributed by atoms with Crippen molar-refractivity contribution in [2.45, 2.75) is 78.1 Å². The summed E-state index contributed by atoms with van der Waals surface area (Å²) in [7, 11) is 0. The predicted octanol–water partition coefficient (Wildman–Crippen LogP) is 4.08. The SMILES string of the molecule is CCCCCCCCCCCC(=O)OCC(C)CO. The highest BCUT2D eigenvalue weighted by Gasteiger charge is 2.06. The zero-order valence-corrected chi connectivity index (χ0v) is 12.8. The summed E-state index contributed by atoms with van der Waals surface area (Å²) in [6, 6.07) is 0. The number of esters is 1. The van der Waals surface area contributed by atoms with Crippen LogP contribution in [-0.4, -0.2) is 24.3 Å². The van der Waals surface area contributed by atoms with Crippen molar-refractivity contribution in [3.63, 3.8) is 0 Å². The van der Waals surface area contributed by atoms with Crippen molar-refractivity contribution in [2.75, 3.05) is 13.2 Å². The molecule has 0 aliphatic heterocycles. The van der Waals surface area contributed by atoms with Crippen LogP contribution in [0, 0.1) is 5.92 Å². The maximum Gasteiger partial charge on any atom is 0.305 e. The van der Waals surface area contributed by atoms with Gasteiger partial charge in [0.1, 0.15) is 0 Å². The molecule has 0 radical (unpaired) electrons. The quantitative estimate of drug-likeness (QED) is 0.406. The van der Waals surface area contributed by atoms with E-state index in [0.717, 1.165) is 12.8 Å². The summed E-state index contributed by atoms with van der Waals surface area (Å²) in [4.78, 5) is 11.4. The second-order valence-electron chi connectivity index (χ2n) is 5.55. The van der Waals surface area contributed by atoms with Gasteiger partial charge in [-0.2, -0.15) is 0 Å². The fraction of sp³-hybridized carbons (Fsp3) is 0.938. The standard InChI is InChI=1S/C16H32O3/c1-3-4-5-6-7-8-9-10-11-12-16(18)19-14-15(2)13-17/h15,17H,3-14H2,1-2H3. The van der Waals surface area contributed by atoms with E-state index < -0.39 is 0 Å². The average Bonchev–Trinajstić information content (AvgIpc) is 2.42. The van der Waals surface area contributed by atoms with Crippen LogP contribution in [0.1, 0.15) is 78.1 Å². The first-order valence-electron chi connectivity index (χ1n) is 7.97. The topological polar surface area (TPSA) is 46.5 Å². The van der Waals surface area contributed by atoms with Crippen molar-refractivity contribution in [1.29, 1.82) is 0 Å². The highest BCUT2D eigenvalue weighted by Crippen LogP contribution is 2.10. The van der Waals surface area contributed by atoms with Crippen LogP contribution in [0.25, 0.3) is 0 Å². The van der Waals surface area contributed by atoms with Gasteiger partial charge in [0, 0.05) is 18.9 Å². The van der Waals surface area contributed by atoms with Crippen molar-refractivity contribution in [1.82, 2.24) is 0 Å². The minimum absolute atomic E-state index is 0.0482. The Labute approximate surface area is 118 Å². The van der Waals surface area contributed by atoms with Gasteiger partial charge in [-0.3, -0.25) is 4.79 Å². The second-order valence-corrected chi connectivity index (χ2v) is 5.55. The Morgan fingerprint density at radius 2 is 1.53 bits per heavy atom. The third-order valence-corrected chi connectivity index (χ3v) is 3.32. The van der Waals surface area contributed by atoms with E-state index in [1.807, 2.05) is 6.92 Å². The average molecular weight is 272 g/mol. The summed E-state index contributed by atoms with van der Waals surface area (Å²) in [5.74, 6) is -0.0738. The molecule has 0 aromatic heterocycles. The molecule has 0 aromatic rings. The van der Waals surface area contributed by atoms with E-state index in [1.165, 1.54) is 44.9 Å². The molecule has 1 atom stereocenters. The molecule has 0 spiro atoms. The number of carbonyl (C=O) groups is 1. The van der Waals surface area contributed by atoms with Gasteiger partial charge in [-0.25, -0.2) is 0 Å². The number of ether oxygens (including phenoxy) is 1. The smallest absolute Gasteiger partial charge is 0.305 e. The summed E-state index contributed by atoms with van der Waals surface area (Å²) < 4.78 is 5.07. The summed E-state index contributed by atoms with van der Waals surface area (Å²) in [5.41, 5.74) is 0. The minimum atomic E-state index is -0.122. The number of carbonyl (C=O) groups excluding carboxylic acids is 1. The largest absolute Gasteiger partial charge is 0.465 e. The van der Waals surface area contributed by atoms with Gasteiger partial charge in [0.05, 0.1) is 6.61 Å². The van der Waals surface area contributed by atoms with Gasteiger partial charge < -0.3 is 9.84 Å². The third-order valence-electron chi connectivity index (χ3n) is 3.32. The molecule has 0 amide bonds. The van der Waals surface area contributed by atoms with E-state index in [1.54, 1.807) is 0 Å². The van der Waals surface area contributed by atoms with Crippen LogP contribution in [0.2, 0.25) is 0 Å². The van der Waals surface area contributed by atoms with Crippen LogP contribution in [0.5, 0.6) is 0 Å². The Morgan fingerprint density at radius 1 is 1.00 bits per heavy atom. The van der Waals surface area contributed by atoms with Crippen molar-refractivity contribution >= 4 is 5.97 Å². The number of aliphatic hydroxyl groups excluding tert-OH is 1. The molecule has 0 aliphatic carbocycles.